The van der Waals surface area contributed by atoms with Crippen LogP contribution in [0.2, 0.25) is 0 Å². The minimum absolute atomic E-state index is 0.0478. The van der Waals surface area contributed by atoms with Crippen molar-refractivity contribution in [3.05, 3.63) is 58.3 Å². The SMILES string of the molecule is CNC(=O)Cc1ccc(NC(=O)c2ccnc(Br)c2)cc1. The molecule has 0 bridgehead atoms. The summed E-state index contributed by atoms with van der Waals surface area (Å²) in [7, 11) is 1.60. The van der Waals surface area contributed by atoms with E-state index in [1.807, 2.05) is 12.1 Å². The second-order valence-corrected chi connectivity index (χ2v) is 5.18. The number of nitrogens with one attached hydrogen (secondary N) is 2. The van der Waals surface area contributed by atoms with Crippen LogP contribution in [0.25, 0.3) is 0 Å². The van der Waals surface area contributed by atoms with Crippen molar-refractivity contribution in [2.24, 2.45) is 0 Å². The molecule has 0 unspecified atom stereocenters. The maximum Gasteiger partial charge on any atom is 0.255 e. The van der Waals surface area contributed by atoms with Gasteiger partial charge in [0.05, 0.1) is 6.42 Å². The summed E-state index contributed by atoms with van der Waals surface area (Å²) in [5.74, 6) is -0.259. The van der Waals surface area contributed by atoms with E-state index in [1.165, 1.54) is 0 Å². The molecule has 1 aromatic carbocycles. The molecule has 0 fully saturated rings. The lowest BCUT2D eigenvalue weighted by Crippen LogP contribution is -2.19. The summed E-state index contributed by atoms with van der Waals surface area (Å²) in [5.41, 5.74) is 2.08. The van der Waals surface area contributed by atoms with Gasteiger partial charge in [0.1, 0.15) is 4.60 Å². The highest BCUT2D eigenvalue weighted by atomic mass is 79.9. The zero-order valence-corrected chi connectivity index (χ0v) is 13.0. The first-order valence-electron chi connectivity index (χ1n) is 6.31. The molecular formula is C15H14BrN3O2. The number of carbonyl (C=O) groups is 2. The molecule has 0 aliphatic heterocycles. The number of pyridine rings is 1. The van der Waals surface area contributed by atoms with Crippen LogP contribution in [0.5, 0.6) is 0 Å². The van der Waals surface area contributed by atoms with Gasteiger partial charge in [-0.2, -0.15) is 0 Å². The van der Waals surface area contributed by atoms with Crippen molar-refractivity contribution in [3.63, 3.8) is 0 Å². The van der Waals surface area contributed by atoms with Crippen LogP contribution in [0.3, 0.4) is 0 Å². The number of benzene rings is 1. The Labute approximate surface area is 130 Å². The van der Waals surface area contributed by atoms with Gasteiger partial charge in [0.25, 0.3) is 5.91 Å². The Morgan fingerprint density at radius 3 is 2.52 bits per heavy atom. The number of carbonyl (C=O) groups excluding carboxylic acids is 2. The zero-order valence-electron chi connectivity index (χ0n) is 11.4. The van der Waals surface area contributed by atoms with E-state index in [-0.39, 0.29) is 11.8 Å². The van der Waals surface area contributed by atoms with E-state index in [4.69, 9.17) is 0 Å². The van der Waals surface area contributed by atoms with Crippen molar-refractivity contribution in [3.8, 4) is 0 Å². The molecule has 1 aromatic heterocycles. The first-order chi connectivity index (χ1) is 10.1. The molecule has 0 saturated heterocycles. The topological polar surface area (TPSA) is 71.1 Å². The van der Waals surface area contributed by atoms with E-state index in [0.29, 0.717) is 22.3 Å². The average molecular weight is 348 g/mol. The highest BCUT2D eigenvalue weighted by Gasteiger charge is 2.07. The molecule has 108 valence electrons. The smallest absolute Gasteiger partial charge is 0.255 e. The standard InChI is InChI=1S/C15H14BrN3O2/c1-17-14(20)8-10-2-4-12(5-3-10)19-15(21)11-6-7-18-13(16)9-11/h2-7,9H,8H2,1H3,(H,17,20)(H,19,21). The van der Waals surface area contributed by atoms with Crippen molar-refractivity contribution < 1.29 is 9.59 Å². The molecule has 0 radical (unpaired) electrons. The Morgan fingerprint density at radius 2 is 1.90 bits per heavy atom. The Morgan fingerprint density at radius 1 is 1.19 bits per heavy atom. The number of hydrogen-bond donors (Lipinski definition) is 2. The molecule has 0 aliphatic carbocycles. The number of rotatable bonds is 4. The Balaban J connectivity index is 2.03. The fourth-order valence-corrected chi connectivity index (χ4v) is 2.09. The Hall–Kier alpha value is -2.21. The Kier molecular flexibility index (Phi) is 5.05. The molecule has 1 heterocycles. The van der Waals surface area contributed by atoms with Gasteiger partial charge in [0.2, 0.25) is 5.91 Å². The van der Waals surface area contributed by atoms with Crippen LogP contribution in [0.1, 0.15) is 15.9 Å². The van der Waals surface area contributed by atoms with Gasteiger partial charge in [-0.15, -0.1) is 0 Å². The molecule has 2 aromatic rings. The lowest BCUT2D eigenvalue weighted by atomic mass is 10.1. The molecule has 21 heavy (non-hydrogen) atoms. The summed E-state index contributed by atoms with van der Waals surface area (Å²) in [4.78, 5) is 27.3. The van der Waals surface area contributed by atoms with Crippen molar-refractivity contribution in [1.82, 2.24) is 10.3 Å². The van der Waals surface area contributed by atoms with Crippen molar-refractivity contribution >= 4 is 33.4 Å². The minimum atomic E-state index is -0.211. The van der Waals surface area contributed by atoms with E-state index in [2.05, 4.69) is 31.5 Å². The van der Waals surface area contributed by atoms with Gasteiger partial charge in [0, 0.05) is 24.5 Å². The van der Waals surface area contributed by atoms with E-state index in [9.17, 15) is 9.59 Å². The number of hydrogen-bond acceptors (Lipinski definition) is 3. The van der Waals surface area contributed by atoms with E-state index >= 15 is 0 Å². The molecule has 0 spiro atoms. The summed E-state index contributed by atoms with van der Waals surface area (Å²) in [5, 5.41) is 5.36. The fraction of sp³-hybridized carbons (Fsp3) is 0.133. The summed E-state index contributed by atoms with van der Waals surface area (Å²) in [6.45, 7) is 0. The molecule has 6 heteroatoms. The van der Waals surface area contributed by atoms with Gasteiger partial charge < -0.3 is 10.6 Å². The lowest BCUT2D eigenvalue weighted by Gasteiger charge is -2.06. The number of aromatic nitrogens is 1. The maximum absolute atomic E-state index is 12.1. The van der Waals surface area contributed by atoms with Crippen LogP contribution in [0.4, 0.5) is 5.69 Å². The van der Waals surface area contributed by atoms with Gasteiger partial charge in [-0.3, -0.25) is 9.59 Å². The highest BCUT2D eigenvalue weighted by Crippen LogP contribution is 2.13. The predicted molar refractivity (Wildman–Crippen MR) is 84.1 cm³/mol. The number of amides is 2. The zero-order chi connectivity index (χ0) is 15.2. The lowest BCUT2D eigenvalue weighted by molar-refractivity contribution is -0.119. The molecule has 2 rings (SSSR count). The van der Waals surface area contributed by atoms with Crippen LogP contribution in [0.15, 0.2) is 47.2 Å². The van der Waals surface area contributed by atoms with Crippen molar-refractivity contribution in [2.45, 2.75) is 6.42 Å². The number of likely N-dealkylation sites (N-methyl/N-ethyl adjacent to an activating group) is 1. The highest BCUT2D eigenvalue weighted by molar-refractivity contribution is 9.10. The number of halogens is 1. The summed E-state index contributed by atoms with van der Waals surface area (Å²) in [6, 6.07) is 10.5. The van der Waals surface area contributed by atoms with Crippen LogP contribution in [-0.2, 0) is 11.2 Å². The van der Waals surface area contributed by atoms with Crippen molar-refractivity contribution in [2.75, 3.05) is 12.4 Å². The number of nitrogens with zero attached hydrogens (tertiary/aromatic N) is 1. The minimum Gasteiger partial charge on any atom is -0.359 e. The quantitative estimate of drug-likeness (QED) is 0.834. The third-order valence-corrected chi connectivity index (χ3v) is 3.28. The molecule has 0 atom stereocenters. The second-order valence-electron chi connectivity index (χ2n) is 4.37. The van der Waals surface area contributed by atoms with Gasteiger partial charge in [-0.25, -0.2) is 4.98 Å². The van der Waals surface area contributed by atoms with Gasteiger partial charge in [-0.1, -0.05) is 12.1 Å². The van der Waals surface area contributed by atoms with Crippen LogP contribution in [0, 0.1) is 0 Å². The molecule has 2 amide bonds. The monoisotopic (exact) mass is 347 g/mol. The van der Waals surface area contributed by atoms with E-state index in [0.717, 1.165) is 5.56 Å². The van der Waals surface area contributed by atoms with Gasteiger partial charge >= 0.3 is 0 Å². The van der Waals surface area contributed by atoms with Gasteiger partial charge in [-0.05, 0) is 45.8 Å². The van der Waals surface area contributed by atoms with Gasteiger partial charge in [0.15, 0.2) is 0 Å². The molecule has 0 saturated carbocycles. The second kappa shape index (κ2) is 6.99. The molecule has 0 aliphatic rings. The molecular weight excluding hydrogens is 334 g/mol. The predicted octanol–water partition coefficient (Wildman–Crippen LogP) is 2.38. The summed E-state index contributed by atoms with van der Waals surface area (Å²) >= 11 is 3.23. The summed E-state index contributed by atoms with van der Waals surface area (Å²) in [6.07, 6.45) is 1.88. The maximum atomic E-state index is 12.1. The first kappa shape index (κ1) is 15.2. The third kappa shape index (κ3) is 4.39. The van der Waals surface area contributed by atoms with E-state index < -0.39 is 0 Å². The molecule has 2 N–H and O–H groups in total. The van der Waals surface area contributed by atoms with Crippen LogP contribution < -0.4 is 10.6 Å². The van der Waals surface area contributed by atoms with Crippen LogP contribution >= 0.6 is 15.9 Å². The fourth-order valence-electron chi connectivity index (χ4n) is 1.73. The average Bonchev–Trinajstić information content (AvgIpc) is 2.49. The normalized spacial score (nSPS) is 10.0. The third-order valence-electron chi connectivity index (χ3n) is 2.84. The summed E-state index contributed by atoms with van der Waals surface area (Å²) < 4.78 is 0.607. The Bertz CT molecular complexity index is 656. The van der Waals surface area contributed by atoms with E-state index in [1.54, 1.807) is 37.5 Å². The van der Waals surface area contributed by atoms with Crippen LogP contribution in [-0.4, -0.2) is 23.8 Å². The van der Waals surface area contributed by atoms with Crippen molar-refractivity contribution in [1.29, 1.82) is 0 Å². The first-order valence-corrected chi connectivity index (χ1v) is 7.10. The number of anilines is 1. The largest absolute Gasteiger partial charge is 0.359 e. The molecule has 5 nitrogen and oxygen atoms in total.